The number of thiophene rings is 2. The van der Waals surface area contributed by atoms with E-state index in [0.717, 1.165) is 32.1 Å². The molecule has 34 heavy (non-hydrogen) atoms. The summed E-state index contributed by atoms with van der Waals surface area (Å²) in [6.45, 7) is 0. The normalized spacial score (nSPS) is 11.3. The third-order valence-corrected chi connectivity index (χ3v) is 7.65. The van der Waals surface area contributed by atoms with Crippen molar-refractivity contribution in [2.24, 2.45) is 0 Å². The van der Waals surface area contributed by atoms with Gasteiger partial charge in [-0.25, -0.2) is 19.6 Å². The molecule has 0 saturated carbocycles. The molecule has 0 unspecified atom stereocenters. The van der Waals surface area contributed by atoms with Gasteiger partial charge < -0.3 is 5.32 Å². The molecular formula is C21H11N7O3S3. The summed E-state index contributed by atoms with van der Waals surface area (Å²) in [7, 11) is 0. The van der Waals surface area contributed by atoms with Crippen molar-refractivity contribution in [3.8, 4) is 16.4 Å². The quantitative estimate of drug-likeness (QED) is 0.246. The minimum atomic E-state index is -0.526. The summed E-state index contributed by atoms with van der Waals surface area (Å²) in [5.74, 6) is 0.165. The Labute approximate surface area is 202 Å². The zero-order valence-electron chi connectivity index (χ0n) is 16.9. The Bertz CT molecular complexity index is 1700. The van der Waals surface area contributed by atoms with Crippen LogP contribution < -0.4 is 5.32 Å². The van der Waals surface area contributed by atoms with Crippen LogP contribution in [0.4, 0.5) is 10.8 Å². The Morgan fingerprint density at radius 1 is 1.12 bits per heavy atom. The Hall–Kier alpha value is -4.07. The lowest BCUT2D eigenvalue weighted by atomic mass is 10.2. The minimum absolute atomic E-state index is 0.110. The van der Waals surface area contributed by atoms with Crippen molar-refractivity contribution in [1.82, 2.24) is 24.7 Å². The minimum Gasteiger partial charge on any atom is -0.305 e. The molecule has 13 heteroatoms. The summed E-state index contributed by atoms with van der Waals surface area (Å²) in [5, 5.41) is 21.5. The number of aromatic nitrogens is 5. The molecule has 0 spiro atoms. The van der Waals surface area contributed by atoms with Crippen LogP contribution in [0.3, 0.4) is 0 Å². The first-order valence-corrected chi connectivity index (χ1v) is 12.3. The van der Waals surface area contributed by atoms with Gasteiger partial charge in [0.25, 0.3) is 5.91 Å². The maximum atomic E-state index is 12.9. The fourth-order valence-corrected chi connectivity index (χ4v) is 5.46. The van der Waals surface area contributed by atoms with Crippen LogP contribution in [0.1, 0.15) is 9.67 Å². The van der Waals surface area contributed by atoms with Crippen LogP contribution in [0.2, 0.25) is 0 Å². The number of carbonyl (C=O) groups is 1. The highest BCUT2D eigenvalue weighted by molar-refractivity contribution is 7.17. The van der Waals surface area contributed by atoms with E-state index in [9.17, 15) is 14.9 Å². The Morgan fingerprint density at radius 2 is 2.03 bits per heavy atom. The standard InChI is InChI=1S/C21H11N7O3S3/c29-21(15-5-6-17(34-15)28(30)31)26-19-12-9-23-27(16-2-1-7-32-16)20(12)25-18(24-19)11-3-4-14-13(8-11)22-10-33-14/h1-10H,(H,24,25,26,29). The van der Waals surface area contributed by atoms with E-state index in [2.05, 4.69) is 20.4 Å². The topological polar surface area (TPSA) is 129 Å². The van der Waals surface area contributed by atoms with Crippen molar-refractivity contribution in [1.29, 1.82) is 0 Å². The van der Waals surface area contributed by atoms with Crippen molar-refractivity contribution in [3.05, 3.63) is 74.5 Å². The maximum absolute atomic E-state index is 12.9. The summed E-state index contributed by atoms with van der Waals surface area (Å²) in [4.78, 5) is 37.3. The van der Waals surface area contributed by atoms with Gasteiger partial charge in [0.2, 0.25) is 0 Å². The first-order valence-electron chi connectivity index (χ1n) is 9.76. The molecule has 0 atom stereocenters. The van der Waals surface area contributed by atoms with Gasteiger partial charge in [-0.1, -0.05) is 11.3 Å². The second-order valence-electron chi connectivity index (χ2n) is 7.02. The largest absolute Gasteiger partial charge is 0.324 e. The fraction of sp³-hybridized carbons (Fsp3) is 0. The molecule has 6 rings (SSSR count). The van der Waals surface area contributed by atoms with Gasteiger partial charge in [0, 0.05) is 11.6 Å². The lowest BCUT2D eigenvalue weighted by Gasteiger charge is -2.08. The van der Waals surface area contributed by atoms with Crippen molar-refractivity contribution < 1.29 is 9.72 Å². The molecule has 1 N–H and O–H groups in total. The number of nitrogens with one attached hydrogen (secondary N) is 1. The second-order valence-corrected chi connectivity index (χ2v) is 9.90. The van der Waals surface area contributed by atoms with E-state index >= 15 is 0 Å². The summed E-state index contributed by atoms with van der Waals surface area (Å²) in [6, 6.07) is 12.3. The van der Waals surface area contributed by atoms with Crippen molar-refractivity contribution in [2.75, 3.05) is 5.32 Å². The number of nitrogens with zero attached hydrogens (tertiary/aromatic N) is 6. The van der Waals surface area contributed by atoms with Gasteiger partial charge in [-0.15, -0.1) is 22.7 Å². The summed E-state index contributed by atoms with van der Waals surface area (Å²) >= 11 is 3.84. The van der Waals surface area contributed by atoms with Crippen LogP contribution in [0.15, 0.2) is 59.6 Å². The van der Waals surface area contributed by atoms with E-state index in [1.54, 1.807) is 27.7 Å². The van der Waals surface area contributed by atoms with Gasteiger partial charge in [-0.2, -0.15) is 5.10 Å². The Kier molecular flexibility index (Phi) is 4.86. The average molecular weight is 506 g/mol. The predicted molar refractivity (Wildman–Crippen MR) is 132 cm³/mol. The lowest BCUT2D eigenvalue weighted by molar-refractivity contribution is -0.380. The average Bonchev–Trinajstić information content (AvgIpc) is 3.64. The molecule has 0 saturated heterocycles. The molecule has 10 nitrogen and oxygen atoms in total. The fourth-order valence-electron chi connectivity index (χ4n) is 3.40. The summed E-state index contributed by atoms with van der Waals surface area (Å²) < 4.78 is 2.74. The molecule has 1 aromatic carbocycles. The highest BCUT2D eigenvalue weighted by Crippen LogP contribution is 2.31. The first-order chi connectivity index (χ1) is 16.6. The molecule has 0 bridgehead atoms. The SMILES string of the molecule is O=C(Nc1nc(-c2ccc3scnc3c2)nc2c1cnn2-c1cccs1)c1ccc([N+](=O)[O-])s1. The molecule has 6 aromatic rings. The van der Waals surface area contributed by atoms with E-state index < -0.39 is 10.8 Å². The van der Waals surface area contributed by atoms with Crippen LogP contribution in [0.5, 0.6) is 0 Å². The third kappa shape index (κ3) is 3.51. The van der Waals surface area contributed by atoms with Crippen LogP contribution in [-0.2, 0) is 0 Å². The van der Waals surface area contributed by atoms with Gasteiger partial charge in [0.15, 0.2) is 11.5 Å². The highest BCUT2D eigenvalue weighted by Gasteiger charge is 2.20. The molecule has 1 amide bonds. The molecule has 5 heterocycles. The molecular weight excluding hydrogens is 494 g/mol. The van der Waals surface area contributed by atoms with E-state index in [0.29, 0.717) is 16.9 Å². The highest BCUT2D eigenvalue weighted by atomic mass is 32.1. The molecule has 5 aromatic heterocycles. The van der Waals surface area contributed by atoms with Gasteiger partial charge >= 0.3 is 5.00 Å². The number of fused-ring (bicyclic) bond motifs is 2. The van der Waals surface area contributed by atoms with Crippen LogP contribution in [0.25, 0.3) is 37.6 Å². The smallest absolute Gasteiger partial charge is 0.305 e. The number of rotatable bonds is 5. The molecule has 166 valence electrons. The van der Waals surface area contributed by atoms with E-state index in [4.69, 9.17) is 4.98 Å². The number of amides is 1. The van der Waals surface area contributed by atoms with Crippen LogP contribution >= 0.6 is 34.0 Å². The number of thiazole rings is 1. The van der Waals surface area contributed by atoms with E-state index in [1.807, 2.05) is 35.7 Å². The zero-order valence-corrected chi connectivity index (χ0v) is 19.4. The van der Waals surface area contributed by atoms with Gasteiger partial charge in [0.05, 0.1) is 37.1 Å². The van der Waals surface area contributed by atoms with Crippen molar-refractivity contribution in [3.63, 3.8) is 0 Å². The molecule has 0 aliphatic rings. The number of hydrogen-bond acceptors (Lipinski definition) is 10. The van der Waals surface area contributed by atoms with Gasteiger partial charge in [-0.05, 0) is 41.8 Å². The van der Waals surface area contributed by atoms with Crippen LogP contribution in [0, 0.1) is 10.1 Å². The number of carbonyl (C=O) groups excluding carboxylic acids is 1. The third-order valence-electron chi connectivity index (χ3n) is 4.96. The maximum Gasteiger partial charge on any atom is 0.324 e. The number of benzene rings is 1. The van der Waals surface area contributed by atoms with Crippen LogP contribution in [-0.4, -0.2) is 35.6 Å². The zero-order chi connectivity index (χ0) is 23.2. The van der Waals surface area contributed by atoms with Crippen molar-refractivity contribution in [2.45, 2.75) is 0 Å². The summed E-state index contributed by atoms with van der Waals surface area (Å²) in [5.41, 5.74) is 3.87. The van der Waals surface area contributed by atoms with E-state index in [1.165, 1.54) is 23.5 Å². The summed E-state index contributed by atoms with van der Waals surface area (Å²) in [6.07, 6.45) is 1.59. The molecule has 0 fully saturated rings. The van der Waals surface area contributed by atoms with E-state index in [-0.39, 0.29) is 15.7 Å². The van der Waals surface area contributed by atoms with Crippen molar-refractivity contribution >= 4 is 72.0 Å². The molecule has 0 aliphatic heterocycles. The number of anilines is 1. The number of nitro groups is 1. The molecule has 0 radical (unpaired) electrons. The predicted octanol–water partition coefficient (Wildman–Crippen LogP) is 5.38. The van der Waals surface area contributed by atoms with Gasteiger partial charge in [-0.3, -0.25) is 14.9 Å². The Balaban J connectivity index is 1.49. The Morgan fingerprint density at radius 3 is 2.82 bits per heavy atom. The number of hydrogen-bond donors (Lipinski definition) is 1. The first kappa shape index (κ1) is 20.5. The van der Waals surface area contributed by atoms with Gasteiger partial charge in [0.1, 0.15) is 10.8 Å². The monoisotopic (exact) mass is 505 g/mol. The second kappa shape index (κ2) is 8.06. The lowest BCUT2D eigenvalue weighted by Crippen LogP contribution is -2.12. The molecule has 0 aliphatic carbocycles.